The fraction of sp³-hybridized carbons (Fsp3) is 0.0435. The minimum Gasteiger partial charge on any atom is -0.440 e. The van der Waals surface area contributed by atoms with Gasteiger partial charge in [0.15, 0.2) is 11.5 Å². The molecule has 0 atom stereocenters. The van der Waals surface area contributed by atoms with E-state index in [0.717, 1.165) is 16.1 Å². The quantitative estimate of drug-likeness (QED) is 0.441. The molecule has 2 heterocycles. The number of hydrogen-bond acceptors (Lipinski definition) is 4. The predicted molar refractivity (Wildman–Crippen MR) is 108 cm³/mol. The Morgan fingerprint density at radius 1 is 0.719 bits per heavy atom. The number of hydrogen-bond donors (Lipinski definition) is 0. The van der Waals surface area contributed by atoms with E-state index in [4.69, 9.17) is 9.47 Å². The van der Waals surface area contributed by atoms with Crippen molar-refractivity contribution in [3.63, 3.8) is 0 Å². The Morgan fingerprint density at radius 2 is 1.19 bits per heavy atom. The molecule has 0 saturated carbocycles. The van der Waals surface area contributed by atoms with Gasteiger partial charge in [-0.3, -0.25) is 0 Å². The van der Waals surface area contributed by atoms with Crippen LogP contribution in [0, 0.1) is 17.5 Å². The van der Waals surface area contributed by atoms with Gasteiger partial charge in [0, 0.05) is 35.7 Å². The molecule has 3 aromatic carbocycles. The minimum absolute atomic E-state index is 0.0363. The third-order valence-corrected chi connectivity index (χ3v) is 6.75. The van der Waals surface area contributed by atoms with E-state index in [1.807, 2.05) is 0 Å². The molecule has 0 saturated heterocycles. The Bertz CT molecular complexity index is 1360. The molecule has 1 aliphatic rings. The number of benzene rings is 3. The molecule has 9 heteroatoms. The third-order valence-electron chi connectivity index (χ3n) is 5.09. The molecule has 0 spiro atoms. The molecule has 162 valence electrons. The highest BCUT2D eigenvalue weighted by Gasteiger charge is 2.46. The average Bonchev–Trinajstić information content (AvgIpc) is 3.43. The van der Waals surface area contributed by atoms with Crippen LogP contribution >= 0.6 is 0 Å². The highest BCUT2D eigenvalue weighted by molar-refractivity contribution is 7.90. The Kier molecular flexibility index (Phi) is 4.52. The molecule has 4 aromatic rings. The smallest absolute Gasteiger partial charge is 0.305 e. The second-order valence-electron chi connectivity index (χ2n) is 7.08. The van der Waals surface area contributed by atoms with Gasteiger partial charge in [-0.1, -0.05) is 0 Å². The van der Waals surface area contributed by atoms with Crippen molar-refractivity contribution in [3.8, 4) is 11.5 Å². The zero-order chi connectivity index (χ0) is 22.5. The van der Waals surface area contributed by atoms with Crippen LogP contribution in [-0.2, 0) is 15.8 Å². The van der Waals surface area contributed by atoms with Gasteiger partial charge in [-0.05, 0) is 60.7 Å². The van der Waals surface area contributed by atoms with Crippen LogP contribution in [0.25, 0.3) is 0 Å². The highest BCUT2D eigenvalue weighted by Crippen LogP contribution is 2.49. The zero-order valence-corrected chi connectivity index (χ0v) is 17.0. The Balaban J connectivity index is 1.66. The van der Waals surface area contributed by atoms with E-state index in [0.29, 0.717) is 11.1 Å². The summed E-state index contributed by atoms with van der Waals surface area (Å²) in [6.45, 7) is 0. The second kappa shape index (κ2) is 7.16. The summed E-state index contributed by atoms with van der Waals surface area (Å²) in [6, 6.07) is 15.4. The van der Waals surface area contributed by atoms with Crippen molar-refractivity contribution in [1.82, 2.24) is 3.97 Å². The first kappa shape index (κ1) is 20.2. The largest absolute Gasteiger partial charge is 0.440 e. The number of fused-ring (bicyclic) bond motifs is 1. The third kappa shape index (κ3) is 3.13. The van der Waals surface area contributed by atoms with Gasteiger partial charge in [-0.2, -0.15) is 0 Å². The van der Waals surface area contributed by atoms with E-state index in [9.17, 15) is 21.6 Å². The van der Waals surface area contributed by atoms with Crippen LogP contribution in [0.4, 0.5) is 13.2 Å². The van der Waals surface area contributed by atoms with Crippen molar-refractivity contribution in [2.75, 3.05) is 0 Å². The lowest BCUT2D eigenvalue weighted by atomic mass is 9.97. The molecule has 32 heavy (non-hydrogen) atoms. The van der Waals surface area contributed by atoms with Crippen molar-refractivity contribution in [2.45, 2.75) is 10.7 Å². The topological polar surface area (TPSA) is 57.5 Å². The van der Waals surface area contributed by atoms with E-state index < -0.39 is 38.2 Å². The first-order chi connectivity index (χ1) is 15.3. The summed E-state index contributed by atoms with van der Waals surface area (Å²) in [5.74, 6) is -3.82. The molecule has 0 radical (unpaired) electrons. The Labute approximate surface area is 181 Å². The molecular formula is C23H14F3NO4S. The summed E-state index contributed by atoms with van der Waals surface area (Å²) >= 11 is 0. The van der Waals surface area contributed by atoms with Crippen LogP contribution in [0.5, 0.6) is 11.5 Å². The van der Waals surface area contributed by atoms with E-state index in [2.05, 4.69) is 0 Å². The van der Waals surface area contributed by atoms with Gasteiger partial charge in [-0.25, -0.2) is 25.6 Å². The molecule has 1 aliphatic heterocycles. The molecule has 5 nitrogen and oxygen atoms in total. The van der Waals surface area contributed by atoms with Gasteiger partial charge >= 0.3 is 5.79 Å². The van der Waals surface area contributed by atoms with Crippen molar-refractivity contribution in [1.29, 1.82) is 0 Å². The van der Waals surface area contributed by atoms with Crippen LogP contribution in [0.15, 0.2) is 90.1 Å². The molecule has 0 aliphatic carbocycles. The standard InChI is InChI=1S/C23H14F3NO4S/c24-17-7-3-15(4-8-17)23(16-5-9-18(25)10-6-16)30-20-13-19(26)22(14-21(20)31-23)32(28,29)27-11-1-2-12-27/h1-14H. The van der Waals surface area contributed by atoms with Crippen LogP contribution in [-0.4, -0.2) is 12.4 Å². The lowest BCUT2D eigenvalue weighted by Gasteiger charge is -2.28. The number of halogens is 3. The van der Waals surface area contributed by atoms with Gasteiger partial charge in [0.25, 0.3) is 10.0 Å². The van der Waals surface area contributed by atoms with Gasteiger partial charge in [0.1, 0.15) is 22.3 Å². The maximum absolute atomic E-state index is 14.9. The second-order valence-corrected chi connectivity index (χ2v) is 8.89. The molecular weight excluding hydrogens is 443 g/mol. The van der Waals surface area contributed by atoms with Crippen molar-refractivity contribution in [2.24, 2.45) is 0 Å². The summed E-state index contributed by atoms with van der Waals surface area (Å²) in [4.78, 5) is -0.606. The van der Waals surface area contributed by atoms with Crippen molar-refractivity contribution >= 4 is 10.0 Å². The molecule has 0 unspecified atom stereocenters. The zero-order valence-electron chi connectivity index (χ0n) is 16.2. The van der Waals surface area contributed by atoms with Gasteiger partial charge < -0.3 is 9.47 Å². The fourth-order valence-electron chi connectivity index (χ4n) is 3.54. The monoisotopic (exact) mass is 457 g/mol. The number of nitrogens with zero attached hydrogens (tertiary/aromatic N) is 1. The normalized spacial score (nSPS) is 14.5. The lowest BCUT2D eigenvalue weighted by Crippen LogP contribution is -2.36. The maximum Gasteiger partial charge on any atom is 0.305 e. The van der Waals surface area contributed by atoms with Crippen LogP contribution < -0.4 is 9.47 Å². The average molecular weight is 457 g/mol. The summed E-state index contributed by atoms with van der Waals surface area (Å²) in [6.07, 6.45) is 2.56. The maximum atomic E-state index is 14.9. The van der Waals surface area contributed by atoms with Crippen molar-refractivity contribution in [3.05, 3.63) is 114 Å². The molecule has 0 bridgehead atoms. The molecule has 1 aromatic heterocycles. The van der Waals surface area contributed by atoms with E-state index >= 15 is 0 Å². The van der Waals surface area contributed by atoms with Crippen LogP contribution in [0.1, 0.15) is 11.1 Å². The minimum atomic E-state index is -4.22. The van der Waals surface area contributed by atoms with Gasteiger partial charge in [0.2, 0.25) is 0 Å². The Morgan fingerprint density at radius 3 is 1.69 bits per heavy atom. The number of ether oxygens (including phenoxy) is 2. The van der Waals surface area contributed by atoms with E-state index in [-0.39, 0.29) is 11.5 Å². The Hall–Kier alpha value is -3.72. The lowest BCUT2D eigenvalue weighted by molar-refractivity contribution is -0.0460. The highest BCUT2D eigenvalue weighted by atomic mass is 32.2. The summed E-state index contributed by atoms with van der Waals surface area (Å²) in [5.41, 5.74) is 0.689. The van der Waals surface area contributed by atoms with Gasteiger partial charge in [0.05, 0.1) is 0 Å². The van der Waals surface area contributed by atoms with E-state index in [1.165, 1.54) is 73.1 Å². The molecule has 0 fully saturated rings. The molecule has 0 amide bonds. The first-order valence-corrected chi connectivity index (χ1v) is 10.9. The summed E-state index contributed by atoms with van der Waals surface area (Å²) < 4.78 is 80.5. The fourth-order valence-corrected chi connectivity index (χ4v) is 4.79. The van der Waals surface area contributed by atoms with Gasteiger partial charge in [-0.15, -0.1) is 0 Å². The van der Waals surface area contributed by atoms with Crippen LogP contribution in [0.3, 0.4) is 0 Å². The molecule has 5 rings (SSSR count). The summed E-state index contributed by atoms with van der Waals surface area (Å²) in [7, 11) is -4.22. The number of rotatable bonds is 4. The van der Waals surface area contributed by atoms with E-state index in [1.54, 1.807) is 0 Å². The van der Waals surface area contributed by atoms with Crippen LogP contribution in [0.2, 0.25) is 0 Å². The number of aromatic nitrogens is 1. The van der Waals surface area contributed by atoms with Crippen molar-refractivity contribution < 1.29 is 31.1 Å². The summed E-state index contributed by atoms with van der Waals surface area (Å²) in [5, 5.41) is 0. The first-order valence-electron chi connectivity index (χ1n) is 9.42. The SMILES string of the molecule is O=S(=O)(c1cc2c(cc1F)OC(c1ccc(F)cc1)(c1ccc(F)cc1)O2)n1cccc1. The molecule has 0 N–H and O–H groups in total. The predicted octanol–water partition coefficient (Wildman–Crippen LogP) is 4.81.